The Morgan fingerprint density at radius 1 is 1.36 bits per heavy atom. The van der Waals surface area contributed by atoms with Crippen molar-refractivity contribution in [3.05, 3.63) is 42.0 Å². The number of rotatable bonds is 5. The molecule has 0 aliphatic rings. The first-order valence-electron chi connectivity index (χ1n) is 7.15. The van der Waals surface area contributed by atoms with Gasteiger partial charge < -0.3 is 10.6 Å². The molecule has 0 saturated carbocycles. The molecule has 0 fully saturated rings. The van der Waals surface area contributed by atoms with Gasteiger partial charge in [0.25, 0.3) is 0 Å². The van der Waals surface area contributed by atoms with Crippen molar-refractivity contribution in [2.75, 3.05) is 18.9 Å². The van der Waals surface area contributed by atoms with Crippen LogP contribution in [0.15, 0.2) is 42.0 Å². The van der Waals surface area contributed by atoms with Crippen LogP contribution in [0.5, 0.6) is 0 Å². The second kappa shape index (κ2) is 6.29. The van der Waals surface area contributed by atoms with Gasteiger partial charge in [0.15, 0.2) is 4.96 Å². The number of aromatic nitrogens is 2. The summed E-state index contributed by atoms with van der Waals surface area (Å²) < 4.78 is 2.01. The summed E-state index contributed by atoms with van der Waals surface area (Å²) in [6.45, 7) is 2.56. The van der Waals surface area contributed by atoms with Gasteiger partial charge in [-0.15, -0.1) is 11.3 Å². The molecule has 0 aliphatic carbocycles. The lowest BCUT2D eigenvalue weighted by molar-refractivity contribution is -0.119. The van der Waals surface area contributed by atoms with E-state index < -0.39 is 0 Å². The number of nitrogens with one attached hydrogen (secondary N) is 2. The average molecular weight is 314 g/mol. The van der Waals surface area contributed by atoms with Gasteiger partial charge in [0.05, 0.1) is 5.69 Å². The number of imidazole rings is 1. The van der Waals surface area contributed by atoms with Gasteiger partial charge in [0.1, 0.15) is 0 Å². The van der Waals surface area contributed by atoms with Crippen molar-refractivity contribution in [1.82, 2.24) is 14.7 Å². The zero-order chi connectivity index (χ0) is 15.5. The number of carbonyl (C=O) groups excluding carboxylic acids is 1. The standard InChI is InChI=1S/C16H18N4OS/c1-11(9-17-2)15(21)18-13-5-3-12(4-6-13)14-10-20-7-8-22-16(20)19-14/h3-8,10-11,17H,9H2,1-2H3,(H,18,21). The van der Waals surface area contributed by atoms with Gasteiger partial charge in [0, 0.05) is 41.5 Å². The van der Waals surface area contributed by atoms with Crippen LogP contribution in [0.1, 0.15) is 6.92 Å². The number of nitrogens with zero attached hydrogens (tertiary/aromatic N) is 2. The van der Waals surface area contributed by atoms with Crippen molar-refractivity contribution in [2.24, 2.45) is 5.92 Å². The summed E-state index contributed by atoms with van der Waals surface area (Å²) in [7, 11) is 1.84. The molecule has 0 bridgehead atoms. The summed E-state index contributed by atoms with van der Waals surface area (Å²) in [4.78, 5) is 17.5. The number of fused-ring (bicyclic) bond motifs is 1. The zero-order valence-corrected chi connectivity index (χ0v) is 13.4. The fourth-order valence-corrected chi connectivity index (χ4v) is 2.96. The number of hydrogen-bond acceptors (Lipinski definition) is 4. The molecule has 1 aromatic carbocycles. The molecule has 0 saturated heterocycles. The first-order chi connectivity index (χ1) is 10.7. The quantitative estimate of drug-likeness (QED) is 0.761. The van der Waals surface area contributed by atoms with Gasteiger partial charge >= 0.3 is 0 Å². The van der Waals surface area contributed by atoms with E-state index in [1.807, 2.05) is 60.4 Å². The first-order valence-corrected chi connectivity index (χ1v) is 8.03. The highest BCUT2D eigenvalue weighted by atomic mass is 32.1. The minimum absolute atomic E-state index is 0.0182. The maximum Gasteiger partial charge on any atom is 0.228 e. The van der Waals surface area contributed by atoms with Crippen molar-refractivity contribution < 1.29 is 4.79 Å². The van der Waals surface area contributed by atoms with Crippen LogP contribution in [0, 0.1) is 5.92 Å². The first kappa shape index (κ1) is 14.7. The lowest BCUT2D eigenvalue weighted by atomic mass is 10.1. The number of hydrogen-bond donors (Lipinski definition) is 2. The van der Waals surface area contributed by atoms with E-state index >= 15 is 0 Å². The van der Waals surface area contributed by atoms with E-state index in [-0.39, 0.29) is 11.8 Å². The fourth-order valence-electron chi connectivity index (χ4n) is 2.26. The molecular formula is C16H18N4OS. The lowest BCUT2D eigenvalue weighted by Crippen LogP contribution is -2.28. The summed E-state index contributed by atoms with van der Waals surface area (Å²) in [6.07, 6.45) is 4.00. The Bertz CT molecular complexity index is 746. The second-order valence-electron chi connectivity index (χ2n) is 5.24. The molecule has 1 amide bonds. The van der Waals surface area contributed by atoms with Crippen LogP contribution >= 0.6 is 11.3 Å². The largest absolute Gasteiger partial charge is 0.326 e. The predicted octanol–water partition coefficient (Wildman–Crippen LogP) is 2.86. The minimum Gasteiger partial charge on any atom is -0.326 e. The molecule has 2 heterocycles. The summed E-state index contributed by atoms with van der Waals surface area (Å²) >= 11 is 1.61. The van der Waals surface area contributed by atoms with Gasteiger partial charge in [0.2, 0.25) is 5.91 Å². The van der Waals surface area contributed by atoms with Gasteiger partial charge in [-0.1, -0.05) is 19.1 Å². The molecule has 1 atom stereocenters. The van der Waals surface area contributed by atoms with Crippen molar-refractivity contribution in [3.63, 3.8) is 0 Å². The van der Waals surface area contributed by atoms with E-state index in [1.54, 1.807) is 11.3 Å². The van der Waals surface area contributed by atoms with Crippen LogP contribution in [-0.4, -0.2) is 28.9 Å². The number of amides is 1. The topological polar surface area (TPSA) is 58.4 Å². The van der Waals surface area contributed by atoms with Crippen LogP contribution in [0.4, 0.5) is 5.69 Å². The van der Waals surface area contributed by atoms with Crippen LogP contribution in [0.2, 0.25) is 0 Å². The van der Waals surface area contributed by atoms with E-state index in [4.69, 9.17) is 0 Å². The highest BCUT2D eigenvalue weighted by Gasteiger charge is 2.12. The third-order valence-corrected chi connectivity index (χ3v) is 4.27. The van der Waals surface area contributed by atoms with Gasteiger partial charge in [-0.2, -0.15) is 0 Å². The molecule has 3 rings (SSSR count). The van der Waals surface area contributed by atoms with Gasteiger partial charge in [-0.05, 0) is 19.2 Å². The molecule has 0 radical (unpaired) electrons. The van der Waals surface area contributed by atoms with E-state index in [9.17, 15) is 4.79 Å². The molecule has 3 aromatic rings. The smallest absolute Gasteiger partial charge is 0.228 e. The van der Waals surface area contributed by atoms with Crippen molar-refractivity contribution in [2.45, 2.75) is 6.92 Å². The highest BCUT2D eigenvalue weighted by Crippen LogP contribution is 2.23. The van der Waals surface area contributed by atoms with Crippen LogP contribution in [0.25, 0.3) is 16.2 Å². The highest BCUT2D eigenvalue weighted by molar-refractivity contribution is 7.15. The molecule has 0 aliphatic heterocycles. The molecule has 0 spiro atoms. The van der Waals surface area contributed by atoms with E-state index in [0.717, 1.165) is 21.9 Å². The Hall–Kier alpha value is -2.18. The molecule has 2 aromatic heterocycles. The van der Waals surface area contributed by atoms with Crippen LogP contribution in [-0.2, 0) is 4.79 Å². The molecule has 2 N–H and O–H groups in total. The molecule has 5 nitrogen and oxygen atoms in total. The van der Waals surface area contributed by atoms with E-state index in [2.05, 4.69) is 15.6 Å². The average Bonchev–Trinajstić information content (AvgIpc) is 3.09. The number of benzene rings is 1. The third kappa shape index (κ3) is 3.03. The van der Waals surface area contributed by atoms with Gasteiger partial charge in [-0.3, -0.25) is 9.20 Å². The molecule has 114 valence electrons. The Morgan fingerprint density at radius 3 is 2.82 bits per heavy atom. The summed E-state index contributed by atoms with van der Waals surface area (Å²) in [6, 6.07) is 7.77. The van der Waals surface area contributed by atoms with Crippen LogP contribution in [0.3, 0.4) is 0 Å². The van der Waals surface area contributed by atoms with Gasteiger partial charge in [-0.25, -0.2) is 4.98 Å². The Labute approximate surface area is 133 Å². The Morgan fingerprint density at radius 2 is 2.14 bits per heavy atom. The predicted molar refractivity (Wildman–Crippen MR) is 90.2 cm³/mol. The maximum atomic E-state index is 12.0. The fraction of sp³-hybridized carbons (Fsp3) is 0.250. The Balaban J connectivity index is 1.72. The number of carbonyl (C=O) groups is 1. The zero-order valence-electron chi connectivity index (χ0n) is 12.5. The van der Waals surface area contributed by atoms with E-state index in [1.165, 1.54) is 0 Å². The molecule has 6 heteroatoms. The summed E-state index contributed by atoms with van der Waals surface area (Å²) in [5.74, 6) is -0.0470. The van der Waals surface area contributed by atoms with Crippen molar-refractivity contribution in [1.29, 1.82) is 0 Å². The normalized spacial score (nSPS) is 12.5. The molecule has 1 unspecified atom stereocenters. The maximum absolute atomic E-state index is 12.0. The summed E-state index contributed by atoms with van der Waals surface area (Å²) in [5.41, 5.74) is 2.78. The SMILES string of the molecule is CNCC(C)C(=O)Nc1ccc(-c2cn3ccsc3n2)cc1. The molecular weight excluding hydrogens is 296 g/mol. The molecule has 22 heavy (non-hydrogen) atoms. The summed E-state index contributed by atoms with van der Waals surface area (Å²) in [5, 5.41) is 7.94. The number of anilines is 1. The van der Waals surface area contributed by atoms with Crippen molar-refractivity contribution >= 4 is 27.9 Å². The minimum atomic E-state index is -0.0652. The van der Waals surface area contributed by atoms with E-state index in [0.29, 0.717) is 6.54 Å². The second-order valence-corrected chi connectivity index (χ2v) is 6.12. The number of thiazole rings is 1. The lowest BCUT2D eigenvalue weighted by Gasteiger charge is -2.11. The van der Waals surface area contributed by atoms with Crippen molar-refractivity contribution in [3.8, 4) is 11.3 Å². The third-order valence-electron chi connectivity index (χ3n) is 3.50. The monoisotopic (exact) mass is 314 g/mol. The Kier molecular flexibility index (Phi) is 4.22. The van der Waals surface area contributed by atoms with Crippen LogP contribution < -0.4 is 10.6 Å².